The smallest absolute Gasteiger partial charge is 0.270 e. The number of carbonyl (C=O) groups excluding carboxylic acids is 1. The molecule has 5 heteroatoms. The van der Waals surface area contributed by atoms with E-state index in [1.54, 1.807) is 6.20 Å². The van der Waals surface area contributed by atoms with Crippen LogP contribution in [0.4, 0.5) is 0 Å². The Morgan fingerprint density at radius 2 is 2.20 bits per heavy atom. The van der Waals surface area contributed by atoms with Gasteiger partial charge in [0.1, 0.15) is 5.69 Å². The predicted molar refractivity (Wildman–Crippen MR) is 78.7 cm³/mol. The molecule has 1 fully saturated rings. The Bertz CT molecular complexity index is 580. The first-order chi connectivity index (χ1) is 9.65. The Labute approximate surface area is 118 Å². The number of amides is 1. The van der Waals surface area contributed by atoms with Gasteiger partial charge in [0.15, 0.2) is 0 Å². The molecule has 20 heavy (non-hydrogen) atoms. The molecule has 106 valence electrons. The standard InChI is InChI=1S/C15H20N4O/c1-18-8-5-11(6-9-18)19(2)15(20)14-10-13-12(17-14)4-3-7-16-13/h3-4,7,10-11,17H,5-6,8-9H2,1-2H3. The van der Waals surface area contributed by atoms with E-state index in [9.17, 15) is 4.79 Å². The van der Waals surface area contributed by atoms with Gasteiger partial charge in [-0.3, -0.25) is 9.78 Å². The van der Waals surface area contributed by atoms with Gasteiger partial charge >= 0.3 is 0 Å². The molecular formula is C15H20N4O. The summed E-state index contributed by atoms with van der Waals surface area (Å²) in [5.74, 6) is 0.0533. The number of hydrogen-bond acceptors (Lipinski definition) is 3. The molecule has 0 aliphatic carbocycles. The molecule has 1 N–H and O–H groups in total. The van der Waals surface area contributed by atoms with Crippen molar-refractivity contribution in [3.05, 3.63) is 30.1 Å². The van der Waals surface area contributed by atoms with Crippen LogP contribution in [0.5, 0.6) is 0 Å². The zero-order valence-corrected chi connectivity index (χ0v) is 12.0. The summed E-state index contributed by atoms with van der Waals surface area (Å²) in [5, 5.41) is 0. The lowest BCUT2D eigenvalue weighted by molar-refractivity contribution is 0.0654. The Balaban J connectivity index is 1.77. The minimum Gasteiger partial charge on any atom is -0.349 e. The van der Waals surface area contributed by atoms with Gasteiger partial charge in [-0.2, -0.15) is 0 Å². The quantitative estimate of drug-likeness (QED) is 0.906. The third-order valence-corrected chi connectivity index (χ3v) is 4.18. The van der Waals surface area contributed by atoms with Gasteiger partial charge < -0.3 is 14.8 Å². The summed E-state index contributed by atoms with van der Waals surface area (Å²) in [6.45, 7) is 2.10. The molecule has 5 nitrogen and oxygen atoms in total. The van der Waals surface area contributed by atoms with Crippen molar-refractivity contribution in [2.75, 3.05) is 27.2 Å². The van der Waals surface area contributed by atoms with Crippen molar-refractivity contribution in [1.82, 2.24) is 19.8 Å². The first-order valence-corrected chi connectivity index (χ1v) is 7.04. The lowest BCUT2D eigenvalue weighted by atomic mass is 10.0. The van der Waals surface area contributed by atoms with Crippen LogP contribution >= 0.6 is 0 Å². The summed E-state index contributed by atoms with van der Waals surface area (Å²) >= 11 is 0. The van der Waals surface area contributed by atoms with Crippen molar-refractivity contribution in [3.63, 3.8) is 0 Å². The molecular weight excluding hydrogens is 252 g/mol. The number of hydrogen-bond donors (Lipinski definition) is 1. The van der Waals surface area contributed by atoms with Crippen LogP contribution in [0.25, 0.3) is 11.0 Å². The van der Waals surface area contributed by atoms with Gasteiger partial charge in [-0.05, 0) is 51.2 Å². The van der Waals surface area contributed by atoms with Crippen LogP contribution in [0.3, 0.4) is 0 Å². The number of piperidine rings is 1. The third kappa shape index (κ3) is 2.41. The highest BCUT2D eigenvalue weighted by Crippen LogP contribution is 2.18. The highest BCUT2D eigenvalue weighted by molar-refractivity contribution is 5.97. The fourth-order valence-electron chi connectivity index (χ4n) is 2.81. The van der Waals surface area contributed by atoms with E-state index < -0.39 is 0 Å². The molecule has 0 unspecified atom stereocenters. The molecule has 1 aliphatic rings. The summed E-state index contributed by atoms with van der Waals surface area (Å²) in [7, 11) is 4.03. The van der Waals surface area contributed by atoms with Crippen LogP contribution in [0.2, 0.25) is 0 Å². The monoisotopic (exact) mass is 272 g/mol. The van der Waals surface area contributed by atoms with E-state index in [0.717, 1.165) is 37.0 Å². The number of nitrogens with one attached hydrogen (secondary N) is 1. The van der Waals surface area contributed by atoms with E-state index in [0.29, 0.717) is 11.7 Å². The molecule has 1 amide bonds. The normalized spacial score (nSPS) is 17.5. The number of rotatable bonds is 2. The number of aromatic amines is 1. The Hall–Kier alpha value is -1.88. The van der Waals surface area contributed by atoms with Gasteiger partial charge in [0, 0.05) is 19.3 Å². The van der Waals surface area contributed by atoms with Crippen molar-refractivity contribution in [2.45, 2.75) is 18.9 Å². The van der Waals surface area contributed by atoms with Crippen molar-refractivity contribution in [1.29, 1.82) is 0 Å². The molecule has 0 bridgehead atoms. The van der Waals surface area contributed by atoms with Gasteiger partial charge in [-0.15, -0.1) is 0 Å². The lowest BCUT2D eigenvalue weighted by Gasteiger charge is -2.34. The van der Waals surface area contributed by atoms with E-state index in [1.165, 1.54) is 0 Å². The van der Waals surface area contributed by atoms with E-state index in [-0.39, 0.29) is 5.91 Å². The van der Waals surface area contributed by atoms with Gasteiger partial charge in [-0.25, -0.2) is 0 Å². The van der Waals surface area contributed by atoms with Gasteiger partial charge in [-0.1, -0.05) is 0 Å². The minimum absolute atomic E-state index is 0.0533. The molecule has 1 aliphatic heterocycles. The molecule has 2 aromatic rings. The molecule has 3 rings (SSSR count). The number of nitrogens with zero attached hydrogens (tertiary/aromatic N) is 3. The fourth-order valence-corrected chi connectivity index (χ4v) is 2.81. The topological polar surface area (TPSA) is 52.2 Å². The van der Waals surface area contributed by atoms with Crippen LogP contribution in [0.1, 0.15) is 23.3 Å². The van der Waals surface area contributed by atoms with E-state index in [1.807, 2.05) is 30.1 Å². The summed E-state index contributed by atoms with van der Waals surface area (Å²) < 4.78 is 0. The highest BCUT2D eigenvalue weighted by Gasteiger charge is 2.25. The fraction of sp³-hybridized carbons (Fsp3) is 0.467. The molecule has 0 radical (unpaired) electrons. The summed E-state index contributed by atoms with van der Waals surface area (Å²) in [6.07, 6.45) is 3.82. The highest BCUT2D eigenvalue weighted by atomic mass is 16.2. The SMILES string of the molecule is CN1CCC(N(C)C(=O)c2cc3ncccc3[nH]2)CC1. The number of aromatic nitrogens is 2. The zero-order valence-electron chi connectivity index (χ0n) is 12.0. The maximum Gasteiger partial charge on any atom is 0.270 e. The molecule has 1 saturated heterocycles. The third-order valence-electron chi connectivity index (χ3n) is 4.18. The molecule has 0 aromatic carbocycles. The summed E-state index contributed by atoms with van der Waals surface area (Å²) in [6, 6.07) is 5.98. The van der Waals surface area contributed by atoms with Crippen LogP contribution in [0.15, 0.2) is 24.4 Å². The number of pyridine rings is 1. The lowest BCUT2D eigenvalue weighted by Crippen LogP contribution is -2.44. The van der Waals surface area contributed by atoms with Crippen molar-refractivity contribution >= 4 is 16.9 Å². The predicted octanol–water partition coefficient (Wildman–Crippen LogP) is 1.73. The van der Waals surface area contributed by atoms with Crippen molar-refractivity contribution < 1.29 is 4.79 Å². The van der Waals surface area contributed by atoms with Crippen molar-refractivity contribution in [2.24, 2.45) is 0 Å². The number of H-pyrrole nitrogens is 1. The average molecular weight is 272 g/mol. The number of likely N-dealkylation sites (tertiary alicyclic amines) is 1. The van der Waals surface area contributed by atoms with Gasteiger partial charge in [0.2, 0.25) is 0 Å². The van der Waals surface area contributed by atoms with Crippen LogP contribution in [-0.4, -0.2) is 58.9 Å². The Morgan fingerprint density at radius 3 is 2.90 bits per heavy atom. The first-order valence-electron chi connectivity index (χ1n) is 7.04. The largest absolute Gasteiger partial charge is 0.349 e. The molecule has 0 saturated carbocycles. The average Bonchev–Trinajstić information content (AvgIpc) is 2.90. The summed E-state index contributed by atoms with van der Waals surface area (Å²) in [5.41, 5.74) is 2.38. The molecule has 2 aromatic heterocycles. The second-order valence-electron chi connectivity index (χ2n) is 5.57. The van der Waals surface area contributed by atoms with E-state index in [4.69, 9.17) is 0 Å². The zero-order chi connectivity index (χ0) is 14.1. The van der Waals surface area contributed by atoms with Crippen LogP contribution < -0.4 is 0 Å². The second-order valence-corrected chi connectivity index (χ2v) is 5.57. The van der Waals surface area contributed by atoms with Crippen LogP contribution in [0, 0.1) is 0 Å². The van der Waals surface area contributed by atoms with E-state index >= 15 is 0 Å². The van der Waals surface area contributed by atoms with Gasteiger partial charge in [0.25, 0.3) is 5.91 Å². The number of carbonyl (C=O) groups is 1. The molecule has 3 heterocycles. The van der Waals surface area contributed by atoms with Crippen molar-refractivity contribution in [3.8, 4) is 0 Å². The minimum atomic E-state index is 0.0533. The molecule has 0 spiro atoms. The summed E-state index contributed by atoms with van der Waals surface area (Å²) in [4.78, 5) is 24.1. The van der Waals surface area contributed by atoms with Crippen LogP contribution in [-0.2, 0) is 0 Å². The Kier molecular flexibility index (Phi) is 3.44. The maximum absolute atomic E-state index is 12.5. The maximum atomic E-state index is 12.5. The molecule has 0 atom stereocenters. The first kappa shape index (κ1) is 13.1. The second kappa shape index (κ2) is 5.25. The van der Waals surface area contributed by atoms with E-state index in [2.05, 4.69) is 21.9 Å². The Morgan fingerprint density at radius 1 is 1.45 bits per heavy atom. The number of fused-ring (bicyclic) bond motifs is 1. The van der Waals surface area contributed by atoms with Gasteiger partial charge in [0.05, 0.1) is 11.0 Å².